The number of halogens is 1. The fraction of sp³-hybridized carbons (Fsp3) is 0.591. The third-order valence-corrected chi connectivity index (χ3v) is 6.28. The van der Waals surface area contributed by atoms with Gasteiger partial charge in [-0.3, -0.25) is 0 Å². The normalized spacial score (nSPS) is 30.0. The van der Waals surface area contributed by atoms with E-state index in [1.807, 2.05) is 12.1 Å². The van der Waals surface area contributed by atoms with Crippen LogP contribution < -0.4 is 0 Å². The number of nitriles is 1. The summed E-state index contributed by atoms with van der Waals surface area (Å²) in [6, 6.07) is 7.14. The van der Waals surface area contributed by atoms with Crippen LogP contribution in [-0.2, 0) is 0 Å². The van der Waals surface area contributed by atoms with E-state index in [9.17, 15) is 4.39 Å². The first kappa shape index (κ1) is 17.2. The Kier molecular flexibility index (Phi) is 5.72. The first-order valence-electron chi connectivity index (χ1n) is 9.52. The van der Waals surface area contributed by atoms with Gasteiger partial charge in [0.2, 0.25) is 0 Å². The zero-order valence-corrected chi connectivity index (χ0v) is 14.7. The Morgan fingerprint density at radius 3 is 2.71 bits per heavy atom. The summed E-state index contributed by atoms with van der Waals surface area (Å²) >= 11 is 0. The molecule has 1 aromatic rings. The zero-order valence-electron chi connectivity index (χ0n) is 14.7. The monoisotopic (exact) mass is 325 g/mol. The lowest BCUT2D eigenvalue weighted by Crippen LogP contribution is -2.30. The maximum Gasteiger partial charge on any atom is 0.141 e. The van der Waals surface area contributed by atoms with E-state index in [4.69, 9.17) is 5.26 Å². The second-order valence-electron chi connectivity index (χ2n) is 7.71. The molecule has 0 bridgehead atoms. The predicted molar refractivity (Wildman–Crippen MR) is 96.1 cm³/mol. The minimum atomic E-state index is -0.357. The van der Waals surface area contributed by atoms with Gasteiger partial charge >= 0.3 is 0 Å². The van der Waals surface area contributed by atoms with E-state index < -0.39 is 0 Å². The highest BCUT2D eigenvalue weighted by molar-refractivity contribution is 5.35. The smallest absolute Gasteiger partial charge is 0.141 e. The van der Waals surface area contributed by atoms with Crippen LogP contribution in [0.3, 0.4) is 0 Å². The Labute approximate surface area is 145 Å². The van der Waals surface area contributed by atoms with Crippen LogP contribution in [0.5, 0.6) is 0 Å². The van der Waals surface area contributed by atoms with E-state index in [1.165, 1.54) is 51.4 Å². The molecule has 2 saturated carbocycles. The molecule has 2 aliphatic carbocycles. The van der Waals surface area contributed by atoms with Gasteiger partial charge in [0.25, 0.3) is 0 Å². The lowest BCUT2D eigenvalue weighted by molar-refractivity contribution is 0.115. The molecule has 24 heavy (non-hydrogen) atoms. The molecule has 0 aliphatic heterocycles. The van der Waals surface area contributed by atoms with Crippen LogP contribution >= 0.6 is 0 Å². The number of rotatable bonds is 4. The molecule has 2 aliphatic rings. The van der Waals surface area contributed by atoms with E-state index in [0.717, 1.165) is 23.3 Å². The Hall–Kier alpha value is -1.62. The topological polar surface area (TPSA) is 23.8 Å². The summed E-state index contributed by atoms with van der Waals surface area (Å²) in [6.45, 7) is 2.10. The first-order valence-corrected chi connectivity index (χ1v) is 9.52. The molecule has 0 saturated heterocycles. The van der Waals surface area contributed by atoms with Crippen LogP contribution in [-0.4, -0.2) is 0 Å². The molecule has 0 N–H and O–H groups in total. The van der Waals surface area contributed by atoms with Gasteiger partial charge in [-0.25, -0.2) is 4.39 Å². The Bertz CT molecular complexity index is 627. The summed E-state index contributed by atoms with van der Waals surface area (Å²) in [7, 11) is 0. The average molecular weight is 325 g/mol. The van der Waals surface area contributed by atoms with Crippen molar-refractivity contribution in [1.82, 2.24) is 0 Å². The van der Waals surface area contributed by atoms with Crippen molar-refractivity contribution in [3.8, 4) is 6.07 Å². The number of nitrogens with zero attached hydrogens (tertiary/aromatic N) is 1. The van der Waals surface area contributed by atoms with Crippen molar-refractivity contribution in [3.05, 3.63) is 47.3 Å². The summed E-state index contributed by atoms with van der Waals surface area (Å²) in [4.78, 5) is 0. The molecule has 0 heterocycles. The van der Waals surface area contributed by atoms with Gasteiger partial charge < -0.3 is 0 Å². The van der Waals surface area contributed by atoms with Gasteiger partial charge in [-0.15, -0.1) is 0 Å². The van der Waals surface area contributed by atoms with Gasteiger partial charge in [0.15, 0.2) is 0 Å². The average Bonchev–Trinajstić information content (AvgIpc) is 2.61. The summed E-state index contributed by atoms with van der Waals surface area (Å²) in [6.07, 6.45) is 14.8. The zero-order chi connectivity index (χ0) is 16.9. The minimum Gasteiger partial charge on any atom is -0.206 e. The summed E-state index contributed by atoms with van der Waals surface area (Å²) in [5, 5.41) is 8.88. The first-order chi connectivity index (χ1) is 11.7. The van der Waals surface area contributed by atoms with Gasteiger partial charge in [-0.1, -0.05) is 24.6 Å². The highest BCUT2D eigenvalue weighted by Gasteiger charge is 2.35. The molecular formula is C22H28FN. The van der Waals surface area contributed by atoms with Crippen molar-refractivity contribution in [2.75, 3.05) is 0 Å². The number of benzene rings is 1. The molecule has 4 atom stereocenters. The predicted octanol–water partition coefficient (Wildman–Crippen LogP) is 6.35. The van der Waals surface area contributed by atoms with Crippen molar-refractivity contribution in [1.29, 1.82) is 5.26 Å². The molecule has 0 radical (unpaired) electrons. The molecule has 0 aromatic heterocycles. The van der Waals surface area contributed by atoms with Gasteiger partial charge in [0.05, 0.1) is 5.56 Å². The van der Waals surface area contributed by atoms with Crippen LogP contribution in [0.2, 0.25) is 0 Å². The van der Waals surface area contributed by atoms with Crippen molar-refractivity contribution in [2.24, 2.45) is 17.8 Å². The van der Waals surface area contributed by atoms with Crippen LogP contribution in [0.15, 0.2) is 30.4 Å². The summed E-state index contributed by atoms with van der Waals surface area (Å²) < 4.78 is 13.9. The third-order valence-electron chi connectivity index (χ3n) is 6.28. The van der Waals surface area contributed by atoms with E-state index in [-0.39, 0.29) is 11.4 Å². The molecule has 0 spiro atoms. The maximum atomic E-state index is 13.9. The molecule has 1 aromatic carbocycles. The summed E-state index contributed by atoms with van der Waals surface area (Å²) in [5.41, 5.74) is 1.26. The van der Waals surface area contributed by atoms with Crippen LogP contribution in [0, 0.1) is 34.9 Å². The fourth-order valence-corrected chi connectivity index (χ4v) is 4.93. The fourth-order valence-electron chi connectivity index (χ4n) is 4.93. The SMILES string of the molecule is CC=CCCC1CCC2CC(c3ccc(C#N)c(F)c3)CCC2C1. The van der Waals surface area contributed by atoms with Crippen LogP contribution in [0.1, 0.15) is 75.3 Å². The standard InChI is InChI=1S/C22H28FN/c1-2-3-4-5-16-6-7-18-13-19(9-8-17(18)12-16)20-10-11-21(15-24)22(23)14-20/h2-3,10-11,14,16-19H,4-9,12-13H2,1H3. The molecule has 1 nitrogen and oxygen atoms in total. The van der Waals surface area contributed by atoms with Crippen molar-refractivity contribution in [2.45, 2.75) is 64.2 Å². The molecule has 4 unspecified atom stereocenters. The van der Waals surface area contributed by atoms with E-state index >= 15 is 0 Å². The molecule has 0 amide bonds. The number of hydrogen-bond donors (Lipinski definition) is 0. The summed E-state index contributed by atoms with van der Waals surface area (Å²) in [5.74, 6) is 2.73. The van der Waals surface area contributed by atoms with Crippen LogP contribution in [0.4, 0.5) is 4.39 Å². The number of allylic oxidation sites excluding steroid dienone is 2. The van der Waals surface area contributed by atoms with E-state index in [0.29, 0.717) is 5.92 Å². The van der Waals surface area contributed by atoms with Gasteiger partial charge in [-0.05, 0) is 93.2 Å². The van der Waals surface area contributed by atoms with Gasteiger partial charge in [0, 0.05) is 0 Å². The van der Waals surface area contributed by atoms with Gasteiger partial charge in [0.1, 0.15) is 11.9 Å². The van der Waals surface area contributed by atoms with Gasteiger partial charge in [-0.2, -0.15) is 5.26 Å². The third kappa shape index (κ3) is 3.89. The largest absolute Gasteiger partial charge is 0.206 e. The second-order valence-corrected chi connectivity index (χ2v) is 7.71. The van der Waals surface area contributed by atoms with Crippen molar-refractivity contribution >= 4 is 0 Å². The molecular weight excluding hydrogens is 297 g/mol. The maximum absolute atomic E-state index is 13.9. The van der Waals surface area contributed by atoms with Crippen LogP contribution in [0.25, 0.3) is 0 Å². The highest BCUT2D eigenvalue weighted by atomic mass is 19.1. The van der Waals surface area contributed by atoms with Crippen molar-refractivity contribution in [3.63, 3.8) is 0 Å². The van der Waals surface area contributed by atoms with E-state index in [2.05, 4.69) is 19.1 Å². The molecule has 2 fully saturated rings. The van der Waals surface area contributed by atoms with Crippen molar-refractivity contribution < 1.29 is 4.39 Å². The number of hydrogen-bond acceptors (Lipinski definition) is 1. The highest BCUT2D eigenvalue weighted by Crippen LogP contribution is 2.48. The lowest BCUT2D eigenvalue weighted by atomic mass is 9.63. The quantitative estimate of drug-likeness (QED) is 0.591. The molecule has 2 heteroatoms. The second kappa shape index (κ2) is 7.97. The molecule has 128 valence electrons. The Morgan fingerprint density at radius 1 is 1.17 bits per heavy atom. The lowest BCUT2D eigenvalue weighted by Gasteiger charge is -2.42. The number of fused-ring (bicyclic) bond motifs is 1. The Morgan fingerprint density at radius 2 is 1.96 bits per heavy atom. The Balaban J connectivity index is 1.58. The molecule has 3 rings (SSSR count). The minimum absolute atomic E-state index is 0.161. The van der Waals surface area contributed by atoms with E-state index in [1.54, 1.807) is 12.1 Å².